The Balaban J connectivity index is 1.20. The third-order valence-electron chi connectivity index (χ3n) is 8.18. The van der Waals surface area contributed by atoms with Gasteiger partial charge in [0, 0.05) is 80.6 Å². The summed E-state index contributed by atoms with van der Waals surface area (Å²) in [4.78, 5) is 43.0. The summed E-state index contributed by atoms with van der Waals surface area (Å²) in [6.07, 6.45) is 4.96. The van der Waals surface area contributed by atoms with E-state index in [0.29, 0.717) is 36.9 Å². The van der Waals surface area contributed by atoms with Gasteiger partial charge in [-0.1, -0.05) is 12.1 Å². The van der Waals surface area contributed by atoms with E-state index in [1.54, 1.807) is 16.9 Å². The molecule has 0 saturated carbocycles. The van der Waals surface area contributed by atoms with Crippen molar-refractivity contribution in [2.45, 2.75) is 13.0 Å². The van der Waals surface area contributed by atoms with Gasteiger partial charge in [-0.3, -0.25) is 14.4 Å². The molecule has 0 aliphatic carbocycles. The second-order valence-corrected chi connectivity index (χ2v) is 11.5. The molecule has 3 heterocycles. The van der Waals surface area contributed by atoms with E-state index in [0.717, 1.165) is 22.0 Å². The highest BCUT2D eigenvalue weighted by molar-refractivity contribution is 6.41. The van der Waals surface area contributed by atoms with Gasteiger partial charge in [-0.2, -0.15) is 5.10 Å². The molecule has 13 heteroatoms. The number of benzene rings is 3. The van der Waals surface area contributed by atoms with Crippen LogP contribution in [0.2, 0.25) is 0 Å². The van der Waals surface area contributed by atoms with Gasteiger partial charge in [0.05, 0.1) is 17.8 Å². The van der Waals surface area contributed by atoms with E-state index in [1.807, 2.05) is 36.5 Å². The number of nitrogens with zero attached hydrogens (tertiary/aromatic N) is 5. The standard InChI is InChI=1S/C36H29F4N5O4/c37-25-4-1-3-23(15-25)21-44-22-24(16-29-31(39)18-26(38)19-32(29)40)17-30(35(44)48)33(46)20-34(47)36(49)43-13-11-42(12-14-43)27-5-7-28(8-6-27)45-10-2-9-41-45/h1-10,15,17-20,22,46H,11-14,16,21H2. The SMILES string of the molecule is O=C(C=C(O)c1cc(Cc2c(F)cc(F)cc2F)cn(Cc2cccc(F)c2)c1=O)C(=O)N1CCN(c2ccc(-n3cccn3)cc2)CC1. The minimum absolute atomic E-state index is 0.114. The van der Waals surface area contributed by atoms with Crippen molar-refractivity contribution in [3.8, 4) is 5.69 Å². The van der Waals surface area contributed by atoms with Crippen LogP contribution >= 0.6 is 0 Å². The Hall–Kier alpha value is -5.98. The lowest BCUT2D eigenvalue weighted by Gasteiger charge is -2.35. The quantitative estimate of drug-likeness (QED) is 0.102. The topological polar surface area (TPSA) is 101 Å². The average molecular weight is 672 g/mol. The zero-order chi connectivity index (χ0) is 34.7. The van der Waals surface area contributed by atoms with Crippen molar-refractivity contribution in [1.29, 1.82) is 0 Å². The minimum Gasteiger partial charge on any atom is -0.507 e. The number of rotatable bonds is 9. The van der Waals surface area contributed by atoms with Crippen molar-refractivity contribution in [2.75, 3.05) is 31.1 Å². The fourth-order valence-corrected chi connectivity index (χ4v) is 5.70. The molecule has 0 spiro atoms. The summed E-state index contributed by atoms with van der Waals surface area (Å²) in [6, 6.07) is 17.1. The van der Waals surface area contributed by atoms with E-state index in [9.17, 15) is 37.1 Å². The summed E-state index contributed by atoms with van der Waals surface area (Å²) in [6.45, 7) is 1.15. The number of hydrogen-bond acceptors (Lipinski definition) is 6. The summed E-state index contributed by atoms with van der Waals surface area (Å²) in [5, 5.41) is 15.2. The molecule has 3 aromatic carbocycles. The number of amides is 1. The highest BCUT2D eigenvalue weighted by Crippen LogP contribution is 2.22. The summed E-state index contributed by atoms with van der Waals surface area (Å²) < 4.78 is 59.2. The molecule has 1 fully saturated rings. The number of aliphatic hydroxyl groups is 1. The third kappa shape index (κ3) is 7.45. The minimum atomic E-state index is -1.16. The average Bonchev–Trinajstić information content (AvgIpc) is 3.63. The van der Waals surface area contributed by atoms with Crippen LogP contribution in [-0.4, -0.2) is 62.2 Å². The van der Waals surface area contributed by atoms with Crippen LogP contribution < -0.4 is 10.5 Å². The van der Waals surface area contributed by atoms with Crippen LogP contribution in [0.1, 0.15) is 22.3 Å². The largest absolute Gasteiger partial charge is 0.507 e. The van der Waals surface area contributed by atoms with Gasteiger partial charge < -0.3 is 19.5 Å². The molecular formula is C36H29F4N5O4. The highest BCUT2D eigenvalue weighted by atomic mass is 19.1. The molecule has 1 amide bonds. The van der Waals surface area contributed by atoms with E-state index in [1.165, 1.54) is 29.3 Å². The molecule has 2 aromatic heterocycles. The normalized spacial score (nSPS) is 13.5. The maximum Gasteiger partial charge on any atom is 0.294 e. The number of aromatic nitrogens is 3. The lowest BCUT2D eigenvalue weighted by molar-refractivity contribution is -0.142. The summed E-state index contributed by atoms with van der Waals surface area (Å²) in [7, 11) is 0. The fraction of sp³-hybridized carbons (Fsp3) is 0.167. The predicted molar refractivity (Wildman–Crippen MR) is 173 cm³/mol. The number of hydrogen-bond donors (Lipinski definition) is 1. The number of ketones is 1. The maximum absolute atomic E-state index is 14.5. The first-order valence-electron chi connectivity index (χ1n) is 15.3. The number of carbonyl (C=O) groups excluding carboxylic acids is 2. The van der Waals surface area contributed by atoms with Crippen LogP contribution in [0, 0.1) is 23.3 Å². The molecule has 6 rings (SSSR count). The van der Waals surface area contributed by atoms with Crippen molar-refractivity contribution in [3.63, 3.8) is 0 Å². The molecule has 250 valence electrons. The number of halogens is 4. The van der Waals surface area contributed by atoms with Gasteiger partial charge in [-0.25, -0.2) is 22.2 Å². The fourth-order valence-electron chi connectivity index (χ4n) is 5.70. The molecule has 5 aromatic rings. The molecule has 9 nitrogen and oxygen atoms in total. The first kappa shape index (κ1) is 32.9. The number of anilines is 1. The van der Waals surface area contributed by atoms with Gasteiger partial charge in [-0.05, 0) is 59.7 Å². The smallest absolute Gasteiger partial charge is 0.294 e. The third-order valence-corrected chi connectivity index (χ3v) is 8.18. The van der Waals surface area contributed by atoms with E-state index < -0.39 is 63.8 Å². The monoisotopic (exact) mass is 671 g/mol. The Morgan fingerprint density at radius 3 is 2.16 bits per heavy atom. The van der Waals surface area contributed by atoms with E-state index in [4.69, 9.17) is 0 Å². The van der Waals surface area contributed by atoms with Crippen molar-refractivity contribution in [1.82, 2.24) is 19.2 Å². The number of carbonyl (C=O) groups is 2. The van der Waals surface area contributed by atoms with Crippen LogP contribution in [0.3, 0.4) is 0 Å². The number of piperazine rings is 1. The van der Waals surface area contributed by atoms with E-state index in [2.05, 4.69) is 10.00 Å². The van der Waals surface area contributed by atoms with Crippen LogP contribution in [0.4, 0.5) is 23.2 Å². The first-order valence-corrected chi connectivity index (χ1v) is 15.3. The number of aliphatic hydroxyl groups excluding tert-OH is 1. The molecule has 49 heavy (non-hydrogen) atoms. The molecule has 1 aliphatic heterocycles. The molecule has 0 atom stereocenters. The lowest BCUT2D eigenvalue weighted by atomic mass is 10.0. The molecule has 1 N–H and O–H groups in total. The van der Waals surface area contributed by atoms with Gasteiger partial charge in [0.15, 0.2) is 0 Å². The zero-order valence-electron chi connectivity index (χ0n) is 25.9. The van der Waals surface area contributed by atoms with Gasteiger partial charge in [0.25, 0.3) is 11.5 Å². The molecule has 1 aliphatic rings. The van der Waals surface area contributed by atoms with Gasteiger partial charge in [0.2, 0.25) is 5.78 Å². The van der Waals surface area contributed by atoms with Crippen molar-refractivity contribution < 1.29 is 32.3 Å². The molecular weight excluding hydrogens is 642 g/mol. The van der Waals surface area contributed by atoms with Gasteiger partial charge in [0.1, 0.15) is 29.0 Å². The summed E-state index contributed by atoms with van der Waals surface area (Å²) in [5.41, 5.74) is 0.569. The Morgan fingerprint density at radius 1 is 0.816 bits per heavy atom. The van der Waals surface area contributed by atoms with Crippen LogP contribution in [0.25, 0.3) is 11.4 Å². The van der Waals surface area contributed by atoms with Crippen LogP contribution in [0.5, 0.6) is 0 Å². The number of pyridine rings is 1. The second kappa shape index (κ2) is 14.0. The molecule has 0 unspecified atom stereocenters. The Bertz CT molecular complexity index is 2080. The van der Waals surface area contributed by atoms with Crippen LogP contribution in [0.15, 0.2) is 102 Å². The molecule has 1 saturated heterocycles. The summed E-state index contributed by atoms with van der Waals surface area (Å²) >= 11 is 0. The van der Waals surface area contributed by atoms with Crippen LogP contribution in [-0.2, 0) is 22.6 Å². The van der Waals surface area contributed by atoms with Gasteiger partial charge in [-0.15, -0.1) is 0 Å². The van der Waals surface area contributed by atoms with E-state index in [-0.39, 0.29) is 25.2 Å². The highest BCUT2D eigenvalue weighted by Gasteiger charge is 2.26. The second-order valence-electron chi connectivity index (χ2n) is 11.5. The maximum atomic E-state index is 14.5. The predicted octanol–water partition coefficient (Wildman–Crippen LogP) is 5.05. The Labute approximate surface area is 277 Å². The Morgan fingerprint density at radius 2 is 1.51 bits per heavy atom. The van der Waals surface area contributed by atoms with Crippen molar-refractivity contribution in [3.05, 3.63) is 153 Å². The lowest BCUT2D eigenvalue weighted by Crippen LogP contribution is -2.50. The molecule has 0 radical (unpaired) electrons. The van der Waals surface area contributed by atoms with E-state index >= 15 is 0 Å². The van der Waals surface area contributed by atoms with Crippen molar-refractivity contribution >= 4 is 23.1 Å². The first-order chi connectivity index (χ1) is 23.5. The molecule has 0 bridgehead atoms. The van der Waals surface area contributed by atoms with Crippen molar-refractivity contribution in [2.24, 2.45) is 0 Å². The zero-order valence-corrected chi connectivity index (χ0v) is 25.9. The Kier molecular flexibility index (Phi) is 9.42. The summed E-state index contributed by atoms with van der Waals surface area (Å²) in [5.74, 6) is -6.79. The van der Waals surface area contributed by atoms with Gasteiger partial charge >= 0.3 is 0 Å².